The van der Waals surface area contributed by atoms with Gasteiger partial charge in [0.15, 0.2) is 5.75 Å². The van der Waals surface area contributed by atoms with Crippen LogP contribution in [0.2, 0.25) is 10.0 Å². The number of phenols is 1. The zero-order valence-corrected chi connectivity index (χ0v) is 16.5. The Kier molecular flexibility index (Phi) is 4.66. The minimum absolute atomic E-state index is 0.0914. The van der Waals surface area contributed by atoms with Crippen LogP contribution in [0.15, 0.2) is 65.6 Å². The lowest BCUT2D eigenvalue weighted by Gasteiger charge is -2.13. The fraction of sp³-hybridized carbons (Fsp3) is 0. The van der Waals surface area contributed by atoms with E-state index in [0.717, 1.165) is 17.1 Å². The number of phenolic OH excluding ortho intramolecular Hbond substituents is 1. The number of fused-ring (bicyclic) bond motifs is 1. The summed E-state index contributed by atoms with van der Waals surface area (Å²) < 4.78 is 28.2. The normalized spacial score (nSPS) is 11.6. The number of sulfonamides is 1. The lowest BCUT2D eigenvalue weighted by atomic mass is 10.2. The van der Waals surface area contributed by atoms with Crippen LogP contribution in [0.25, 0.3) is 22.4 Å². The number of nitrogens with zero attached hydrogens (tertiary/aromatic N) is 1. The summed E-state index contributed by atoms with van der Waals surface area (Å²) in [5, 5.41) is 10.0. The van der Waals surface area contributed by atoms with Crippen molar-refractivity contribution >= 4 is 49.9 Å². The van der Waals surface area contributed by atoms with Gasteiger partial charge in [-0.05, 0) is 36.4 Å². The van der Waals surface area contributed by atoms with E-state index in [2.05, 4.69) is 14.7 Å². The van der Waals surface area contributed by atoms with E-state index >= 15 is 0 Å². The van der Waals surface area contributed by atoms with Gasteiger partial charge in [0.2, 0.25) is 0 Å². The molecule has 0 fully saturated rings. The number of H-pyrrole nitrogens is 1. The molecule has 4 rings (SSSR count). The molecule has 4 aromatic rings. The number of rotatable bonds is 4. The fourth-order valence-electron chi connectivity index (χ4n) is 2.81. The van der Waals surface area contributed by atoms with Gasteiger partial charge in [0, 0.05) is 10.6 Å². The summed E-state index contributed by atoms with van der Waals surface area (Å²) in [5.74, 6) is -0.0624. The second kappa shape index (κ2) is 7.01. The molecule has 0 atom stereocenters. The van der Waals surface area contributed by atoms with Gasteiger partial charge >= 0.3 is 0 Å². The molecule has 6 nitrogen and oxygen atoms in total. The van der Waals surface area contributed by atoms with Crippen molar-refractivity contribution in [2.75, 3.05) is 4.72 Å². The molecular formula is C19H13Cl2N3O3S. The lowest BCUT2D eigenvalue weighted by Crippen LogP contribution is -2.14. The van der Waals surface area contributed by atoms with Crippen LogP contribution in [-0.2, 0) is 10.0 Å². The molecule has 1 heterocycles. The molecule has 0 bridgehead atoms. The SMILES string of the molecule is O=S(=O)(Nc1ccccc1-c1nc2ccccc2[nH]1)c1cc(Cl)cc(Cl)c1O. The Labute approximate surface area is 170 Å². The number of hydrogen-bond donors (Lipinski definition) is 3. The highest BCUT2D eigenvalue weighted by Crippen LogP contribution is 2.36. The summed E-state index contributed by atoms with van der Waals surface area (Å²) in [6, 6.07) is 16.7. The van der Waals surface area contributed by atoms with Crippen molar-refractivity contribution in [3.63, 3.8) is 0 Å². The molecule has 0 saturated carbocycles. The van der Waals surface area contributed by atoms with Gasteiger partial charge in [0.1, 0.15) is 10.7 Å². The second-order valence-corrected chi connectivity index (χ2v) is 8.48. The molecule has 0 spiro atoms. The van der Waals surface area contributed by atoms with Gasteiger partial charge in [-0.2, -0.15) is 0 Å². The maximum atomic E-state index is 12.9. The molecule has 3 N–H and O–H groups in total. The number of aromatic hydroxyl groups is 1. The minimum atomic E-state index is -4.16. The second-order valence-electron chi connectivity index (χ2n) is 5.99. The lowest BCUT2D eigenvalue weighted by molar-refractivity contribution is 0.459. The highest BCUT2D eigenvalue weighted by molar-refractivity contribution is 7.92. The Morgan fingerprint density at radius 2 is 1.71 bits per heavy atom. The first kappa shape index (κ1) is 18.6. The summed E-state index contributed by atoms with van der Waals surface area (Å²) in [4.78, 5) is 7.27. The Hall–Kier alpha value is -2.74. The third-order valence-corrected chi connectivity index (χ3v) is 5.98. The van der Waals surface area contributed by atoms with Crippen molar-refractivity contribution in [3.8, 4) is 17.1 Å². The van der Waals surface area contributed by atoms with E-state index in [-0.39, 0.29) is 15.7 Å². The van der Waals surface area contributed by atoms with Crippen molar-refractivity contribution in [3.05, 3.63) is 70.7 Å². The van der Waals surface area contributed by atoms with Crippen LogP contribution in [0.1, 0.15) is 0 Å². The summed E-state index contributed by atoms with van der Waals surface area (Å²) in [7, 11) is -4.16. The molecule has 0 saturated heterocycles. The van der Waals surface area contributed by atoms with Crippen LogP contribution in [0.4, 0.5) is 5.69 Å². The molecule has 9 heteroatoms. The number of benzene rings is 3. The maximum absolute atomic E-state index is 12.9. The number of imidazole rings is 1. The zero-order chi connectivity index (χ0) is 19.9. The number of anilines is 1. The summed E-state index contributed by atoms with van der Waals surface area (Å²) in [6.07, 6.45) is 0. The largest absolute Gasteiger partial charge is 0.505 e. The molecule has 0 unspecified atom stereocenters. The van der Waals surface area contributed by atoms with Crippen LogP contribution < -0.4 is 4.72 Å². The third-order valence-electron chi connectivity index (χ3n) is 4.10. The van der Waals surface area contributed by atoms with Crippen LogP contribution in [0.3, 0.4) is 0 Å². The van der Waals surface area contributed by atoms with Gasteiger partial charge in [-0.3, -0.25) is 4.72 Å². The van der Waals surface area contributed by atoms with Gasteiger partial charge in [-0.1, -0.05) is 47.5 Å². The highest BCUT2D eigenvalue weighted by atomic mass is 35.5. The van der Waals surface area contributed by atoms with E-state index in [9.17, 15) is 13.5 Å². The number of hydrogen-bond acceptors (Lipinski definition) is 4. The molecule has 1 aromatic heterocycles. The maximum Gasteiger partial charge on any atom is 0.265 e. The van der Waals surface area contributed by atoms with Crippen LogP contribution in [0, 0.1) is 0 Å². The Bertz CT molecular complexity index is 1270. The average Bonchev–Trinajstić information content (AvgIpc) is 3.08. The predicted octanol–water partition coefficient (Wildman–Crippen LogP) is 5.04. The van der Waals surface area contributed by atoms with Gasteiger partial charge in [-0.25, -0.2) is 13.4 Å². The Morgan fingerprint density at radius 1 is 1.00 bits per heavy atom. The molecule has 0 aliphatic heterocycles. The first-order valence-corrected chi connectivity index (χ1v) is 10.3. The van der Waals surface area contributed by atoms with Crippen LogP contribution in [0.5, 0.6) is 5.75 Å². The van der Waals surface area contributed by atoms with Gasteiger partial charge < -0.3 is 10.1 Å². The summed E-state index contributed by atoms with van der Waals surface area (Å²) in [6.45, 7) is 0. The van der Waals surface area contributed by atoms with E-state index in [1.165, 1.54) is 6.07 Å². The number of aromatic nitrogens is 2. The highest BCUT2D eigenvalue weighted by Gasteiger charge is 2.23. The minimum Gasteiger partial charge on any atom is -0.505 e. The molecule has 142 valence electrons. The van der Waals surface area contributed by atoms with Crippen molar-refractivity contribution in [2.45, 2.75) is 4.90 Å². The van der Waals surface area contributed by atoms with E-state index in [4.69, 9.17) is 23.2 Å². The topological polar surface area (TPSA) is 95.1 Å². The number of halogens is 2. The van der Waals surface area contributed by atoms with Crippen molar-refractivity contribution in [1.29, 1.82) is 0 Å². The molecule has 28 heavy (non-hydrogen) atoms. The molecule has 0 aliphatic rings. The monoisotopic (exact) mass is 433 g/mol. The smallest absolute Gasteiger partial charge is 0.265 e. The van der Waals surface area contributed by atoms with Gasteiger partial charge in [0.05, 0.1) is 21.7 Å². The van der Waals surface area contributed by atoms with E-state index in [1.807, 2.05) is 24.3 Å². The first-order valence-electron chi connectivity index (χ1n) is 8.10. The molecule has 3 aromatic carbocycles. The zero-order valence-electron chi connectivity index (χ0n) is 14.1. The molecule has 0 amide bonds. The standard InChI is InChI=1S/C19H13Cl2N3O3S/c20-11-9-13(21)18(25)17(10-11)28(26,27)24-14-6-2-1-5-12(14)19-22-15-7-3-4-8-16(15)23-19/h1-10,24-25H,(H,22,23). The summed E-state index contributed by atoms with van der Waals surface area (Å²) >= 11 is 11.8. The fourth-order valence-corrected chi connectivity index (χ4v) is 4.64. The van der Waals surface area contributed by atoms with Crippen molar-refractivity contribution in [1.82, 2.24) is 9.97 Å². The quantitative estimate of drug-likeness (QED) is 0.419. The Balaban J connectivity index is 1.79. The van der Waals surface area contributed by atoms with Crippen LogP contribution >= 0.6 is 23.2 Å². The first-order chi connectivity index (χ1) is 13.3. The van der Waals surface area contributed by atoms with Crippen molar-refractivity contribution in [2.24, 2.45) is 0 Å². The third kappa shape index (κ3) is 3.40. The van der Waals surface area contributed by atoms with E-state index in [1.54, 1.807) is 24.3 Å². The average molecular weight is 434 g/mol. The molecule has 0 radical (unpaired) electrons. The molecule has 0 aliphatic carbocycles. The number of nitrogens with one attached hydrogen (secondary N) is 2. The Morgan fingerprint density at radius 3 is 2.50 bits per heavy atom. The van der Waals surface area contributed by atoms with E-state index < -0.39 is 20.7 Å². The number of para-hydroxylation sites is 3. The number of aromatic amines is 1. The predicted molar refractivity (Wildman–Crippen MR) is 110 cm³/mol. The van der Waals surface area contributed by atoms with Gasteiger partial charge in [0.25, 0.3) is 10.0 Å². The van der Waals surface area contributed by atoms with Gasteiger partial charge in [-0.15, -0.1) is 0 Å². The molecular weight excluding hydrogens is 421 g/mol. The van der Waals surface area contributed by atoms with Crippen LogP contribution in [-0.4, -0.2) is 23.5 Å². The van der Waals surface area contributed by atoms with Crippen molar-refractivity contribution < 1.29 is 13.5 Å². The summed E-state index contributed by atoms with van der Waals surface area (Å²) in [5.41, 5.74) is 2.43. The van der Waals surface area contributed by atoms with E-state index in [0.29, 0.717) is 11.4 Å².